The van der Waals surface area contributed by atoms with Crippen molar-refractivity contribution in [2.45, 2.75) is 44.6 Å². The number of hydrogen-bond donors (Lipinski definition) is 2. The molecule has 0 saturated carbocycles. The van der Waals surface area contributed by atoms with Crippen LogP contribution in [-0.4, -0.2) is 44.8 Å². The number of anilines is 2. The van der Waals surface area contributed by atoms with Crippen LogP contribution in [0.4, 0.5) is 11.4 Å². The number of carbonyl (C=O) groups is 2. The second-order valence-electron chi connectivity index (χ2n) is 7.98. The lowest BCUT2D eigenvalue weighted by molar-refractivity contribution is -0.118. The highest BCUT2D eigenvalue weighted by Crippen LogP contribution is 2.30. The van der Waals surface area contributed by atoms with E-state index < -0.39 is 22.0 Å². The molecule has 2 amide bonds. The fourth-order valence-electron chi connectivity index (χ4n) is 3.76. The number of fused-ring (bicyclic) bond motifs is 1. The van der Waals surface area contributed by atoms with E-state index in [2.05, 4.69) is 10.0 Å². The smallest absolute Gasteiger partial charge is 0.242 e. The Hall–Kier alpha value is -2.36. The van der Waals surface area contributed by atoms with Gasteiger partial charge in [-0.15, -0.1) is 0 Å². The van der Waals surface area contributed by atoms with Gasteiger partial charge in [0.1, 0.15) is 6.04 Å². The summed E-state index contributed by atoms with van der Waals surface area (Å²) < 4.78 is 28.7. The predicted molar refractivity (Wildman–Crippen MR) is 130 cm³/mol. The average Bonchev–Trinajstić information content (AvgIpc) is 3.16. The summed E-state index contributed by atoms with van der Waals surface area (Å²) in [6.07, 6.45) is 2.99. The van der Waals surface area contributed by atoms with Gasteiger partial charge in [-0.25, -0.2) is 8.42 Å². The molecule has 0 bridgehead atoms. The molecule has 2 N–H and O–H groups in total. The zero-order valence-electron chi connectivity index (χ0n) is 18.8. The average molecular weight is 476 g/mol. The zero-order chi connectivity index (χ0) is 23.5. The first-order valence-electron chi connectivity index (χ1n) is 10.4. The van der Waals surface area contributed by atoms with E-state index in [1.165, 1.54) is 6.92 Å². The molecule has 3 rings (SSSR count). The third-order valence-corrected chi connectivity index (χ3v) is 7.74. The molecule has 0 aliphatic carbocycles. The van der Waals surface area contributed by atoms with Crippen LogP contribution >= 0.6 is 11.8 Å². The maximum atomic E-state index is 13.1. The Bertz CT molecular complexity index is 1130. The third-order valence-electron chi connectivity index (χ3n) is 5.48. The van der Waals surface area contributed by atoms with E-state index in [4.69, 9.17) is 0 Å². The van der Waals surface area contributed by atoms with Crippen molar-refractivity contribution < 1.29 is 18.0 Å². The number of carbonyl (C=O) groups excluding carboxylic acids is 2. The number of sulfonamides is 1. The predicted octanol–water partition coefficient (Wildman–Crippen LogP) is 3.25. The monoisotopic (exact) mass is 475 g/mol. The highest BCUT2D eigenvalue weighted by Gasteiger charge is 2.28. The minimum absolute atomic E-state index is 0.0153. The number of nitrogens with zero attached hydrogens (tertiary/aromatic N) is 1. The second kappa shape index (κ2) is 10.1. The van der Waals surface area contributed by atoms with Gasteiger partial charge >= 0.3 is 0 Å². The molecule has 0 aromatic heterocycles. The van der Waals surface area contributed by atoms with E-state index in [9.17, 15) is 18.0 Å². The number of hydrogen-bond acceptors (Lipinski definition) is 5. The molecule has 0 saturated heterocycles. The first kappa shape index (κ1) is 24.3. The first-order chi connectivity index (χ1) is 15.1. The van der Waals surface area contributed by atoms with Gasteiger partial charge < -0.3 is 10.2 Å². The molecule has 1 atom stereocenters. The molecule has 0 radical (unpaired) electrons. The van der Waals surface area contributed by atoms with Crippen LogP contribution in [0.1, 0.15) is 30.0 Å². The Balaban J connectivity index is 1.80. The number of aryl methyl sites for hydroxylation is 2. The Morgan fingerprint density at radius 2 is 1.91 bits per heavy atom. The summed E-state index contributed by atoms with van der Waals surface area (Å²) in [6, 6.07) is 9.72. The van der Waals surface area contributed by atoms with Crippen molar-refractivity contribution in [3.63, 3.8) is 0 Å². The highest BCUT2D eigenvalue weighted by molar-refractivity contribution is 7.98. The quantitative estimate of drug-likeness (QED) is 0.611. The zero-order valence-corrected chi connectivity index (χ0v) is 20.4. The van der Waals surface area contributed by atoms with Gasteiger partial charge in [0.15, 0.2) is 0 Å². The van der Waals surface area contributed by atoms with E-state index in [0.717, 1.165) is 16.8 Å². The van der Waals surface area contributed by atoms with Crippen molar-refractivity contribution in [1.29, 1.82) is 0 Å². The molecule has 1 aliphatic rings. The highest BCUT2D eigenvalue weighted by atomic mass is 32.2. The van der Waals surface area contributed by atoms with Crippen molar-refractivity contribution in [3.05, 3.63) is 53.1 Å². The maximum absolute atomic E-state index is 13.1. The fourth-order valence-corrected chi connectivity index (χ4v) is 5.79. The number of nitrogens with one attached hydrogen (secondary N) is 2. The van der Waals surface area contributed by atoms with Gasteiger partial charge in [-0.1, -0.05) is 12.1 Å². The van der Waals surface area contributed by atoms with Crippen LogP contribution in [0.2, 0.25) is 0 Å². The first-order valence-corrected chi connectivity index (χ1v) is 13.3. The lowest BCUT2D eigenvalue weighted by Gasteiger charge is -2.20. The van der Waals surface area contributed by atoms with Crippen molar-refractivity contribution in [1.82, 2.24) is 4.72 Å². The van der Waals surface area contributed by atoms with Gasteiger partial charge in [0.2, 0.25) is 21.8 Å². The van der Waals surface area contributed by atoms with E-state index in [0.29, 0.717) is 36.4 Å². The summed E-state index contributed by atoms with van der Waals surface area (Å²) in [5.74, 6) is 0.207. The minimum atomic E-state index is -3.87. The van der Waals surface area contributed by atoms with Gasteiger partial charge in [0.25, 0.3) is 0 Å². The Kier molecular flexibility index (Phi) is 7.63. The van der Waals surface area contributed by atoms with Gasteiger partial charge in [-0.3, -0.25) is 9.59 Å². The molecular formula is C23H29N3O4S2. The van der Waals surface area contributed by atoms with Gasteiger partial charge in [0.05, 0.1) is 4.90 Å². The third kappa shape index (κ3) is 5.51. The van der Waals surface area contributed by atoms with E-state index in [1.54, 1.807) is 41.8 Å². The molecule has 2 aromatic carbocycles. The molecular weight excluding hydrogens is 446 g/mol. The number of rotatable bonds is 8. The summed E-state index contributed by atoms with van der Waals surface area (Å²) in [6.45, 7) is 5.72. The molecule has 1 heterocycles. The number of thioether (sulfide) groups is 1. The van der Waals surface area contributed by atoms with Crippen LogP contribution in [0.3, 0.4) is 0 Å². The van der Waals surface area contributed by atoms with E-state index in [-0.39, 0.29) is 10.8 Å². The Morgan fingerprint density at radius 3 is 2.59 bits per heavy atom. The van der Waals surface area contributed by atoms with Crippen molar-refractivity contribution in [3.8, 4) is 0 Å². The second-order valence-corrected chi connectivity index (χ2v) is 10.6. The molecule has 1 aliphatic heterocycles. The molecule has 2 aromatic rings. The largest absolute Gasteiger partial charge is 0.325 e. The Morgan fingerprint density at radius 1 is 1.16 bits per heavy atom. The standard InChI is InChI=1S/C23H29N3O4S2/c1-15-5-6-16(2)22(13-15)32(29,30)25-20(10-12-31-4)23(28)24-19-7-8-21-18(14-19)9-11-26(21)17(3)27/h5-8,13-14,20,25H,9-12H2,1-4H3,(H,24,28)/t20-/m1/s1. The molecule has 9 heteroatoms. The maximum Gasteiger partial charge on any atom is 0.242 e. The summed E-state index contributed by atoms with van der Waals surface area (Å²) in [7, 11) is -3.87. The SMILES string of the molecule is CSCC[C@@H](NS(=O)(=O)c1cc(C)ccc1C)C(=O)Nc1ccc2c(c1)CCN2C(C)=O. The number of benzene rings is 2. The van der Waals surface area contributed by atoms with Crippen molar-refractivity contribution in [2.24, 2.45) is 0 Å². The molecule has 172 valence electrons. The molecule has 0 fully saturated rings. The topological polar surface area (TPSA) is 95.6 Å². The van der Waals surface area contributed by atoms with Gasteiger partial charge in [0, 0.05) is 24.8 Å². The normalized spacial score (nSPS) is 14.2. The molecule has 0 spiro atoms. The van der Waals surface area contributed by atoms with Crippen LogP contribution in [0, 0.1) is 13.8 Å². The summed E-state index contributed by atoms with van der Waals surface area (Å²) >= 11 is 1.55. The van der Waals surface area contributed by atoms with Crippen molar-refractivity contribution in [2.75, 3.05) is 28.8 Å². The molecule has 32 heavy (non-hydrogen) atoms. The fraction of sp³-hybridized carbons (Fsp3) is 0.391. The summed E-state index contributed by atoms with van der Waals surface area (Å²) in [5, 5.41) is 2.85. The lowest BCUT2D eigenvalue weighted by Crippen LogP contribution is -2.44. The molecule has 0 unspecified atom stereocenters. The summed E-state index contributed by atoms with van der Waals surface area (Å²) in [4.78, 5) is 26.7. The summed E-state index contributed by atoms with van der Waals surface area (Å²) in [5.41, 5.74) is 3.87. The van der Waals surface area contributed by atoms with E-state index >= 15 is 0 Å². The minimum Gasteiger partial charge on any atom is -0.325 e. The van der Waals surface area contributed by atoms with Gasteiger partial charge in [-0.05, 0) is 79.7 Å². The van der Waals surface area contributed by atoms with Crippen LogP contribution in [0.5, 0.6) is 0 Å². The van der Waals surface area contributed by atoms with Crippen LogP contribution < -0.4 is 14.9 Å². The van der Waals surface area contributed by atoms with Crippen LogP contribution in [-0.2, 0) is 26.0 Å². The number of amides is 2. The Labute approximate surface area is 194 Å². The lowest BCUT2D eigenvalue weighted by atomic mass is 10.1. The van der Waals surface area contributed by atoms with Crippen LogP contribution in [0.15, 0.2) is 41.3 Å². The van der Waals surface area contributed by atoms with Crippen LogP contribution in [0.25, 0.3) is 0 Å². The molecule has 7 nitrogen and oxygen atoms in total. The van der Waals surface area contributed by atoms with Crippen molar-refractivity contribution >= 4 is 45.0 Å². The van der Waals surface area contributed by atoms with E-state index in [1.807, 2.05) is 31.4 Å². The van der Waals surface area contributed by atoms with Gasteiger partial charge in [-0.2, -0.15) is 16.5 Å².